The maximum atomic E-state index is 13.0. The third-order valence-corrected chi connectivity index (χ3v) is 7.59. The Kier molecular flexibility index (Phi) is 6.60. The number of amides is 3. The van der Waals surface area contributed by atoms with E-state index in [1.165, 1.54) is 41.2 Å². The maximum Gasteiger partial charge on any atom is 0.316 e. The number of hydrogen-bond donors (Lipinski definition) is 0. The van der Waals surface area contributed by atoms with E-state index in [1.807, 2.05) is 0 Å². The van der Waals surface area contributed by atoms with Gasteiger partial charge in [0.05, 0.1) is 47.2 Å². The number of benzene rings is 2. The normalized spacial score (nSPS) is 23.0. The highest BCUT2D eigenvalue weighted by Crippen LogP contribution is 2.41. The summed E-state index contributed by atoms with van der Waals surface area (Å²) in [5, 5.41) is 11.1. The van der Waals surface area contributed by atoms with Gasteiger partial charge in [-0.2, -0.15) is 0 Å². The molecule has 0 radical (unpaired) electrons. The molecule has 198 valence electrons. The largest absolute Gasteiger partial charge is 0.494 e. The van der Waals surface area contributed by atoms with Gasteiger partial charge in [0, 0.05) is 19.0 Å². The lowest BCUT2D eigenvalue weighted by Gasteiger charge is -2.19. The number of non-ortho nitro benzene ring substituents is 1. The summed E-state index contributed by atoms with van der Waals surface area (Å²) in [7, 11) is 1.35. The van der Waals surface area contributed by atoms with Crippen molar-refractivity contribution in [2.24, 2.45) is 17.8 Å². The number of carbonyl (C=O) groups excluding carboxylic acids is 4. The predicted molar refractivity (Wildman–Crippen MR) is 135 cm³/mol. The molecule has 0 unspecified atom stereocenters. The van der Waals surface area contributed by atoms with Gasteiger partial charge in [-0.25, -0.2) is 4.90 Å². The van der Waals surface area contributed by atoms with Gasteiger partial charge in [0.1, 0.15) is 11.5 Å². The number of imide groups is 1. The lowest BCUT2D eigenvalue weighted by atomic mass is 9.81. The summed E-state index contributed by atoms with van der Waals surface area (Å²) < 4.78 is 10.8. The minimum atomic E-state index is -0.757. The van der Waals surface area contributed by atoms with Crippen molar-refractivity contribution in [3.63, 3.8) is 0 Å². The summed E-state index contributed by atoms with van der Waals surface area (Å²) in [6.45, 7) is 1.78. The Morgan fingerprint density at radius 3 is 2.26 bits per heavy atom. The Bertz CT molecular complexity index is 1330. The quantitative estimate of drug-likeness (QED) is 0.185. The van der Waals surface area contributed by atoms with Gasteiger partial charge in [0.2, 0.25) is 17.7 Å². The number of hydrogen-bond acceptors (Lipinski definition) is 8. The number of aryl methyl sites for hydroxylation is 1. The first-order valence-corrected chi connectivity index (χ1v) is 12.5. The second-order valence-corrected chi connectivity index (χ2v) is 9.90. The summed E-state index contributed by atoms with van der Waals surface area (Å²) in [5.41, 5.74) is 1.26. The second kappa shape index (κ2) is 9.88. The molecule has 1 aliphatic carbocycles. The van der Waals surface area contributed by atoms with Crippen LogP contribution in [0.15, 0.2) is 36.4 Å². The molecule has 2 aliphatic heterocycles. The Balaban J connectivity index is 1.29. The highest BCUT2D eigenvalue weighted by atomic mass is 16.6. The number of esters is 1. The molecule has 2 aromatic rings. The van der Waals surface area contributed by atoms with Crippen LogP contribution < -0.4 is 19.3 Å². The van der Waals surface area contributed by atoms with Crippen molar-refractivity contribution in [2.75, 3.05) is 23.5 Å². The van der Waals surface area contributed by atoms with Crippen LogP contribution in [0.5, 0.6) is 11.5 Å². The molecule has 5 rings (SSSR count). The van der Waals surface area contributed by atoms with Crippen LogP contribution in [-0.2, 0) is 19.2 Å². The Hall–Kier alpha value is -4.28. The standard InChI is InChI=1S/C27H27N3O8/c1-15-11-18(8-10-21(15)29-25(32)19-5-3-4-6-20(19)26(29)33)38-27(34)16-12-24(31)28(14-16)22-9-7-17(30(35)36)13-23(22)37-2/h7-11,13,16,19-20H,3-6,12,14H2,1-2H3/t16-,19+,20+/m1/s1. The molecule has 0 spiro atoms. The lowest BCUT2D eigenvalue weighted by Crippen LogP contribution is -2.31. The number of rotatable bonds is 6. The zero-order valence-electron chi connectivity index (χ0n) is 21.0. The zero-order valence-corrected chi connectivity index (χ0v) is 21.0. The Morgan fingerprint density at radius 1 is 1.00 bits per heavy atom. The van der Waals surface area contributed by atoms with Crippen molar-refractivity contribution in [3.05, 3.63) is 52.1 Å². The second-order valence-electron chi connectivity index (χ2n) is 9.90. The van der Waals surface area contributed by atoms with E-state index in [4.69, 9.17) is 9.47 Å². The molecule has 3 atom stereocenters. The average molecular weight is 522 g/mol. The Morgan fingerprint density at radius 2 is 1.66 bits per heavy atom. The fraction of sp³-hybridized carbons (Fsp3) is 0.407. The SMILES string of the molecule is COc1cc([N+](=O)[O-])ccc1N1C[C@H](C(=O)Oc2ccc(N3C(=O)[C@H]4CCCC[C@@H]4C3=O)c(C)c2)CC1=O. The van der Waals surface area contributed by atoms with Gasteiger partial charge in [-0.3, -0.25) is 29.3 Å². The Labute approximate surface area is 218 Å². The van der Waals surface area contributed by atoms with E-state index < -0.39 is 16.8 Å². The smallest absolute Gasteiger partial charge is 0.316 e. The molecular weight excluding hydrogens is 494 g/mol. The van der Waals surface area contributed by atoms with Gasteiger partial charge < -0.3 is 14.4 Å². The molecule has 38 heavy (non-hydrogen) atoms. The molecular formula is C27H27N3O8. The van der Waals surface area contributed by atoms with Crippen LogP contribution in [0.2, 0.25) is 0 Å². The van der Waals surface area contributed by atoms with Crippen LogP contribution in [0.4, 0.5) is 17.1 Å². The van der Waals surface area contributed by atoms with Crippen LogP contribution in [0.3, 0.4) is 0 Å². The van der Waals surface area contributed by atoms with E-state index in [9.17, 15) is 29.3 Å². The van der Waals surface area contributed by atoms with Gasteiger partial charge in [-0.05, 0) is 49.6 Å². The van der Waals surface area contributed by atoms with E-state index in [2.05, 4.69) is 0 Å². The topological polar surface area (TPSA) is 136 Å². The van der Waals surface area contributed by atoms with Crippen molar-refractivity contribution < 1.29 is 33.6 Å². The summed E-state index contributed by atoms with van der Waals surface area (Å²) in [6, 6.07) is 8.66. The van der Waals surface area contributed by atoms with E-state index in [1.54, 1.807) is 19.1 Å². The first kappa shape index (κ1) is 25.4. The molecule has 3 aliphatic rings. The highest BCUT2D eigenvalue weighted by molar-refractivity contribution is 6.22. The average Bonchev–Trinajstić information content (AvgIpc) is 3.41. The molecule has 1 saturated carbocycles. The molecule has 11 nitrogen and oxygen atoms in total. The third-order valence-electron chi connectivity index (χ3n) is 7.59. The predicted octanol–water partition coefficient (Wildman–Crippen LogP) is 3.55. The maximum absolute atomic E-state index is 13.0. The monoisotopic (exact) mass is 521 g/mol. The number of carbonyl (C=O) groups is 4. The molecule has 2 saturated heterocycles. The lowest BCUT2D eigenvalue weighted by molar-refractivity contribution is -0.384. The van der Waals surface area contributed by atoms with Crippen LogP contribution >= 0.6 is 0 Å². The van der Waals surface area contributed by atoms with Crippen molar-refractivity contribution >= 4 is 40.8 Å². The minimum absolute atomic E-state index is 0.0302. The number of fused-ring (bicyclic) bond motifs is 1. The zero-order chi connectivity index (χ0) is 27.1. The number of nitrogens with zero attached hydrogens (tertiary/aromatic N) is 3. The summed E-state index contributed by atoms with van der Waals surface area (Å²) >= 11 is 0. The first-order chi connectivity index (χ1) is 18.2. The van der Waals surface area contributed by atoms with Crippen LogP contribution in [0, 0.1) is 34.8 Å². The number of ether oxygens (including phenoxy) is 2. The van der Waals surface area contributed by atoms with Crippen molar-refractivity contribution in [1.82, 2.24) is 0 Å². The van der Waals surface area contributed by atoms with Gasteiger partial charge in [0.25, 0.3) is 5.69 Å². The molecule has 2 heterocycles. The van der Waals surface area contributed by atoms with Crippen LogP contribution in [-0.4, -0.2) is 42.3 Å². The van der Waals surface area contributed by atoms with Crippen LogP contribution in [0.1, 0.15) is 37.7 Å². The van der Waals surface area contributed by atoms with E-state index in [0.29, 0.717) is 16.9 Å². The highest BCUT2D eigenvalue weighted by Gasteiger charge is 2.49. The molecule has 2 aromatic carbocycles. The minimum Gasteiger partial charge on any atom is -0.494 e. The van der Waals surface area contributed by atoms with Gasteiger partial charge >= 0.3 is 5.97 Å². The molecule has 3 amide bonds. The van der Waals surface area contributed by atoms with E-state index >= 15 is 0 Å². The molecule has 0 bridgehead atoms. The molecule has 11 heteroatoms. The molecule has 3 fully saturated rings. The summed E-state index contributed by atoms with van der Waals surface area (Å²) in [4.78, 5) is 64.7. The van der Waals surface area contributed by atoms with Gasteiger partial charge in [-0.15, -0.1) is 0 Å². The van der Waals surface area contributed by atoms with Gasteiger partial charge in [0.15, 0.2) is 0 Å². The fourth-order valence-corrected chi connectivity index (χ4v) is 5.64. The third kappa shape index (κ3) is 4.37. The summed E-state index contributed by atoms with van der Waals surface area (Å²) in [5.74, 6) is -2.16. The fourth-order valence-electron chi connectivity index (χ4n) is 5.64. The van der Waals surface area contributed by atoms with Crippen molar-refractivity contribution in [3.8, 4) is 11.5 Å². The van der Waals surface area contributed by atoms with Gasteiger partial charge in [-0.1, -0.05) is 12.8 Å². The van der Waals surface area contributed by atoms with Crippen LogP contribution in [0.25, 0.3) is 0 Å². The van der Waals surface area contributed by atoms with E-state index in [-0.39, 0.29) is 59.7 Å². The first-order valence-electron chi connectivity index (χ1n) is 12.5. The molecule has 0 aromatic heterocycles. The number of anilines is 2. The van der Waals surface area contributed by atoms with E-state index in [0.717, 1.165) is 25.7 Å². The number of nitro groups is 1. The van der Waals surface area contributed by atoms with Crippen molar-refractivity contribution in [1.29, 1.82) is 0 Å². The summed E-state index contributed by atoms with van der Waals surface area (Å²) in [6.07, 6.45) is 3.25. The number of methoxy groups -OCH3 is 1. The molecule has 0 N–H and O–H groups in total. The van der Waals surface area contributed by atoms with Crippen molar-refractivity contribution in [2.45, 2.75) is 39.0 Å². The number of nitro benzene ring substituents is 1.